The first-order chi connectivity index (χ1) is 10.1. The van der Waals surface area contributed by atoms with Crippen molar-refractivity contribution in [2.45, 2.75) is 57.8 Å². The molecule has 4 heteroatoms. The summed E-state index contributed by atoms with van der Waals surface area (Å²) in [7, 11) is 0. The standard InChI is InChI=1S/C17H24F2N2/c1-13(8-11-16(18)19)5-2-3-7-15-10-9-14-6-4-12-20-17(14)21-15/h9-10,16H,1-8,11-12H2,(H,20,21). The molecule has 0 fully saturated rings. The van der Waals surface area contributed by atoms with E-state index in [0.29, 0.717) is 6.42 Å². The number of nitrogens with one attached hydrogen (secondary N) is 1. The van der Waals surface area contributed by atoms with Gasteiger partial charge >= 0.3 is 0 Å². The number of alkyl halides is 2. The van der Waals surface area contributed by atoms with Crippen LogP contribution in [0.25, 0.3) is 0 Å². The third-order valence-corrected chi connectivity index (χ3v) is 3.88. The highest BCUT2D eigenvalue weighted by atomic mass is 19.3. The van der Waals surface area contributed by atoms with Crippen molar-refractivity contribution in [1.29, 1.82) is 0 Å². The molecule has 2 heterocycles. The molecule has 0 amide bonds. The van der Waals surface area contributed by atoms with E-state index >= 15 is 0 Å². The van der Waals surface area contributed by atoms with E-state index < -0.39 is 6.43 Å². The lowest BCUT2D eigenvalue weighted by Gasteiger charge is -2.17. The molecule has 0 unspecified atom stereocenters. The fraction of sp³-hybridized carbons (Fsp3) is 0.588. The van der Waals surface area contributed by atoms with Crippen molar-refractivity contribution in [3.63, 3.8) is 0 Å². The molecule has 2 nitrogen and oxygen atoms in total. The molecule has 0 aromatic carbocycles. The Hall–Kier alpha value is -1.45. The second kappa shape index (κ2) is 8.11. The Morgan fingerprint density at radius 3 is 2.95 bits per heavy atom. The van der Waals surface area contributed by atoms with E-state index in [2.05, 4.69) is 29.0 Å². The summed E-state index contributed by atoms with van der Waals surface area (Å²) in [6, 6.07) is 4.28. The van der Waals surface area contributed by atoms with Gasteiger partial charge in [-0.05, 0) is 56.6 Å². The number of fused-ring (bicyclic) bond motifs is 1. The van der Waals surface area contributed by atoms with E-state index in [9.17, 15) is 8.78 Å². The van der Waals surface area contributed by atoms with E-state index in [1.807, 2.05) is 0 Å². The number of aromatic nitrogens is 1. The van der Waals surface area contributed by atoms with Crippen LogP contribution in [0.5, 0.6) is 0 Å². The first-order valence-electron chi connectivity index (χ1n) is 7.82. The lowest BCUT2D eigenvalue weighted by molar-refractivity contribution is 0.138. The second-order valence-corrected chi connectivity index (χ2v) is 5.73. The van der Waals surface area contributed by atoms with E-state index in [0.717, 1.165) is 55.7 Å². The van der Waals surface area contributed by atoms with Gasteiger partial charge in [-0.1, -0.05) is 18.2 Å². The molecule has 0 aliphatic carbocycles. The molecule has 1 aliphatic heterocycles. The van der Waals surface area contributed by atoms with Crippen LogP contribution in [0.4, 0.5) is 14.6 Å². The molecule has 2 rings (SSSR count). The summed E-state index contributed by atoms with van der Waals surface area (Å²) in [5.41, 5.74) is 3.36. The zero-order valence-electron chi connectivity index (χ0n) is 12.5. The molecule has 0 radical (unpaired) electrons. The number of nitrogens with zero attached hydrogens (tertiary/aromatic N) is 1. The summed E-state index contributed by atoms with van der Waals surface area (Å²) in [6.45, 7) is 4.88. The molecular weight excluding hydrogens is 270 g/mol. The molecule has 0 spiro atoms. The Morgan fingerprint density at radius 2 is 2.14 bits per heavy atom. The van der Waals surface area contributed by atoms with Gasteiger partial charge < -0.3 is 5.32 Å². The van der Waals surface area contributed by atoms with Crippen LogP contribution < -0.4 is 5.32 Å². The van der Waals surface area contributed by atoms with E-state index in [1.165, 1.54) is 12.0 Å². The lowest BCUT2D eigenvalue weighted by atomic mass is 10.0. The normalized spacial score (nSPS) is 13.9. The van der Waals surface area contributed by atoms with Gasteiger partial charge in [0.1, 0.15) is 5.82 Å². The van der Waals surface area contributed by atoms with Crippen LogP contribution in [0.3, 0.4) is 0 Å². The van der Waals surface area contributed by atoms with Crippen molar-refractivity contribution >= 4 is 5.82 Å². The SMILES string of the molecule is C=C(CCCCc1ccc2c(n1)NCCC2)CCC(F)F. The summed E-state index contributed by atoms with van der Waals surface area (Å²) in [5.74, 6) is 1.04. The quantitative estimate of drug-likeness (QED) is 0.552. The lowest BCUT2D eigenvalue weighted by Crippen LogP contribution is -2.13. The van der Waals surface area contributed by atoms with Crippen LogP contribution in [0, 0.1) is 0 Å². The van der Waals surface area contributed by atoms with Crippen molar-refractivity contribution in [3.05, 3.63) is 35.5 Å². The topological polar surface area (TPSA) is 24.9 Å². The molecule has 0 bridgehead atoms. The first kappa shape index (κ1) is 15.9. The van der Waals surface area contributed by atoms with Gasteiger partial charge in [0.15, 0.2) is 0 Å². The fourth-order valence-corrected chi connectivity index (χ4v) is 2.63. The number of hydrogen-bond donors (Lipinski definition) is 1. The van der Waals surface area contributed by atoms with Crippen LogP contribution in [-0.2, 0) is 12.8 Å². The van der Waals surface area contributed by atoms with E-state index in [1.54, 1.807) is 0 Å². The fourth-order valence-electron chi connectivity index (χ4n) is 2.63. The molecule has 116 valence electrons. The number of allylic oxidation sites excluding steroid dienone is 1. The number of pyridine rings is 1. The Balaban J connectivity index is 1.68. The second-order valence-electron chi connectivity index (χ2n) is 5.73. The van der Waals surface area contributed by atoms with Crippen molar-refractivity contribution < 1.29 is 8.78 Å². The van der Waals surface area contributed by atoms with Crippen LogP contribution in [0.2, 0.25) is 0 Å². The minimum absolute atomic E-state index is 0.0587. The maximum Gasteiger partial charge on any atom is 0.238 e. The minimum atomic E-state index is -2.21. The predicted molar refractivity (Wildman–Crippen MR) is 83.0 cm³/mol. The zero-order chi connectivity index (χ0) is 15.1. The smallest absolute Gasteiger partial charge is 0.238 e. The molecule has 0 saturated carbocycles. The van der Waals surface area contributed by atoms with Gasteiger partial charge in [-0.3, -0.25) is 0 Å². The van der Waals surface area contributed by atoms with Crippen LogP contribution >= 0.6 is 0 Å². The van der Waals surface area contributed by atoms with Gasteiger partial charge in [-0.15, -0.1) is 0 Å². The van der Waals surface area contributed by atoms with Crippen molar-refractivity contribution in [3.8, 4) is 0 Å². The summed E-state index contributed by atoms with van der Waals surface area (Å²) in [4.78, 5) is 4.66. The van der Waals surface area contributed by atoms with E-state index in [-0.39, 0.29) is 6.42 Å². The van der Waals surface area contributed by atoms with Gasteiger partial charge in [0.05, 0.1) is 0 Å². The monoisotopic (exact) mass is 294 g/mol. The predicted octanol–water partition coefficient (Wildman–Crippen LogP) is 4.75. The highest BCUT2D eigenvalue weighted by molar-refractivity contribution is 5.46. The highest BCUT2D eigenvalue weighted by Crippen LogP contribution is 2.21. The summed E-state index contributed by atoms with van der Waals surface area (Å²) < 4.78 is 24.2. The number of rotatable bonds is 8. The molecule has 1 aromatic heterocycles. The Bertz CT molecular complexity index is 472. The van der Waals surface area contributed by atoms with E-state index in [4.69, 9.17) is 0 Å². The third-order valence-electron chi connectivity index (χ3n) is 3.88. The number of anilines is 1. The van der Waals surface area contributed by atoms with Gasteiger partial charge in [0.25, 0.3) is 0 Å². The van der Waals surface area contributed by atoms with Gasteiger partial charge in [0.2, 0.25) is 6.43 Å². The number of unbranched alkanes of at least 4 members (excludes halogenated alkanes) is 1. The first-order valence-corrected chi connectivity index (χ1v) is 7.82. The summed E-state index contributed by atoms with van der Waals surface area (Å²) in [6.07, 6.45) is 4.26. The average Bonchev–Trinajstić information content (AvgIpc) is 2.49. The molecule has 0 atom stereocenters. The van der Waals surface area contributed by atoms with Crippen molar-refractivity contribution in [2.24, 2.45) is 0 Å². The van der Waals surface area contributed by atoms with Gasteiger partial charge in [0, 0.05) is 18.7 Å². The molecule has 1 aliphatic rings. The molecule has 1 N–H and O–H groups in total. The third kappa shape index (κ3) is 5.44. The Labute approximate surface area is 125 Å². The van der Waals surface area contributed by atoms with Crippen LogP contribution in [0.15, 0.2) is 24.3 Å². The minimum Gasteiger partial charge on any atom is -0.370 e. The molecule has 0 saturated heterocycles. The summed E-state index contributed by atoms with van der Waals surface area (Å²) in [5, 5.41) is 3.34. The maximum absolute atomic E-state index is 12.1. The number of hydrogen-bond acceptors (Lipinski definition) is 2. The van der Waals surface area contributed by atoms with Crippen LogP contribution in [0.1, 0.15) is 49.8 Å². The van der Waals surface area contributed by atoms with Crippen molar-refractivity contribution in [1.82, 2.24) is 4.98 Å². The number of aryl methyl sites for hydroxylation is 2. The summed E-state index contributed by atoms with van der Waals surface area (Å²) >= 11 is 0. The van der Waals surface area contributed by atoms with Gasteiger partial charge in [-0.25, -0.2) is 13.8 Å². The van der Waals surface area contributed by atoms with Crippen LogP contribution in [-0.4, -0.2) is 18.0 Å². The molecule has 1 aromatic rings. The molecule has 21 heavy (non-hydrogen) atoms. The molecular formula is C17H24F2N2. The zero-order valence-corrected chi connectivity index (χ0v) is 12.5. The number of halogens is 2. The highest BCUT2D eigenvalue weighted by Gasteiger charge is 2.10. The van der Waals surface area contributed by atoms with Gasteiger partial charge in [-0.2, -0.15) is 0 Å². The largest absolute Gasteiger partial charge is 0.370 e. The Kier molecular flexibility index (Phi) is 6.15. The average molecular weight is 294 g/mol. The van der Waals surface area contributed by atoms with Crippen molar-refractivity contribution in [2.75, 3.05) is 11.9 Å². The Morgan fingerprint density at radius 1 is 1.29 bits per heavy atom. The maximum atomic E-state index is 12.1.